The summed E-state index contributed by atoms with van der Waals surface area (Å²) in [7, 11) is 0. The molecule has 0 saturated heterocycles. The van der Waals surface area contributed by atoms with Gasteiger partial charge in [-0.1, -0.05) is 6.42 Å². The monoisotopic (exact) mass is 419 g/mol. The van der Waals surface area contributed by atoms with Gasteiger partial charge in [0.2, 0.25) is 5.91 Å². The van der Waals surface area contributed by atoms with Gasteiger partial charge in [-0.3, -0.25) is 33.8 Å². The lowest BCUT2D eigenvalue weighted by Crippen LogP contribution is -2.50. The van der Waals surface area contributed by atoms with E-state index in [1.54, 1.807) is 0 Å². The fraction of sp³-hybridized carbons (Fsp3) is 0.625. The molecule has 0 aromatic carbocycles. The van der Waals surface area contributed by atoms with Gasteiger partial charge in [0.05, 0.1) is 32.2 Å². The Balaban J connectivity index is 4.99. The average molecular weight is 419 g/mol. The Kier molecular flexibility index (Phi) is 12.5. The summed E-state index contributed by atoms with van der Waals surface area (Å²) < 4.78 is 0. The molecule has 1 atom stereocenters. The highest BCUT2D eigenvalue weighted by molar-refractivity contribution is 5.86. The van der Waals surface area contributed by atoms with Crippen LogP contribution in [0.25, 0.3) is 0 Å². The van der Waals surface area contributed by atoms with E-state index in [0.29, 0.717) is 12.7 Å². The molecule has 0 spiro atoms. The van der Waals surface area contributed by atoms with Crippen molar-refractivity contribution in [1.82, 2.24) is 15.1 Å². The lowest BCUT2D eigenvalue weighted by Gasteiger charge is -2.28. The Labute approximate surface area is 165 Å². The topological polar surface area (TPSA) is 202 Å². The van der Waals surface area contributed by atoms with Crippen LogP contribution in [0.2, 0.25) is 0 Å². The van der Waals surface area contributed by atoms with Crippen molar-refractivity contribution in [3.63, 3.8) is 0 Å². The van der Waals surface area contributed by atoms with Crippen LogP contribution in [-0.4, -0.2) is 112 Å². The lowest BCUT2D eigenvalue weighted by atomic mass is 10.1. The van der Waals surface area contributed by atoms with Crippen LogP contribution in [0, 0.1) is 0 Å². The number of hydrogen-bond acceptors (Lipinski definition) is 8. The molecule has 0 aromatic heterocycles. The van der Waals surface area contributed by atoms with E-state index in [-0.39, 0.29) is 25.9 Å². The Morgan fingerprint density at radius 3 is 1.83 bits per heavy atom. The van der Waals surface area contributed by atoms with Crippen LogP contribution in [0.15, 0.2) is 0 Å². The van der Waals surface area contributed by atoms with E-state index >= 15 is 0 Å². The minimum atomic E-state index is -1.30. The molecular weight excluding hydrogens is 394 g/mol. The molecule has 0 aliphatic carbocycles. The van der Waals surface area contributed by atoms with Gasteiger partial charge < -0.3 is 30.5 Å². The van der Waals surface area contributed by atoms with Crippen LogP contribution in [0.4, 0.5) is 0 Å². The van der Waals surface area contributed by atoms with E-state index in [1.807, 2.05) is 0 Å². The fourth-order valence-electron chi connectivity index (χ4n) is 2.60. The third-order valence-electron chi connectivity index (χ3n) is 3.72. The SMILES string of the molecule is O=CCN(CC(=O)O)C(CCCCN(CC(=O)O)CC(=O)O)C(=O)NCC(=O)O. The van der Waals surface area contributed by atoms with Crippen LogP contribution in [0.5, 0.6) is 0 Å². The number of rotatable bonds is 17. The quantitative estimate of drug-likeness (QED) is 0.126. The molecule has 0 fully saturated rings. The minimum absolute atomic E-state index is 0.0561. The molecule has 0 rings (SSSR count). The minimum Gasteiger partial charge on any atom is -0.480 e. The first-order valence-corrected chi connectivity index (χ1v) is 8.61. The maximum Gasteiger partial charge on any atom is 0.322 e. The third-order valence-corrected chi connectivity index (χ3v) is 3.72. The van der Waals surface area contributed by atoms with Crippen molar-refractivity contribution in [2.75, 3.05) is 39.3 Å². The van der Waals surface area contributed by atoms with E-state index in [4.69, 9.17) is 20.4 Å². The molecule has 0 aromatic rings. The highest BCUT2D eigenvalue weighted by Crippen LogP contribution is 2.10. The van der Waals surface area contributed by atoms with Crippen molar-refractivity contribution in [3.05, 3.63) is 0 Å². The van der Waals surface area contributed by atoms with Gasteiger partial charge in [0.15, 0.2) is 0 Å². The molecule has 5 N–H and O–H groups in total. The summed E-state index contributed by atoms with van der Waals surface area (Å²) in [6, 6.07) is -1.09. The predicted molar refractivity (Wildman–Crippen MR) is 95.3 cm³/mol. The van der Waals surface area contributed by atoms with E-state index in [2.05, 4.69) is 5.32 Å². The molecular formula is C16H25N3O10. The number of unbranched alkanes of at least 4 members (excludes halogenated alkanes) is 1. The van der Waals surface area contributed by atoms with Gasteiger partial charge in [0.1, 0.15) is 12.8 Å². The second kappa shape index (κ2) is 14.0. The van der Waals surface area contributed by atoms with Crippen LogP contribution in [0.3, 0.4) is 0 Å². The summed E-state index contributed by atoms with van der Waals surface area (Å²) in [4.78, 5) is 68.6. The number of amides is 1. The first-order valence-electron chi connectivity index (χ1n) is 8.61. The highest BCUT2D eigenvalue weighted by atomic mass is 16.4. The van der Waals surface area contributed by atoms with Gasteiger partial charge in [-0.2, -0.15) is 0 Å². The van der Waals surface area contributed by atoms with Crippen LogP contribution < -0.4 is 5.32 Å². The number of carboxylic acid groups (broad SMARTS) is 4. The van der Waals surface area contributed by atoms with Crippen molar-refractivity contribution in [1.29, 1.82) is 0 Å². The smallest absolute Gasteiger partial charge is 0.322 e. The molecule has 13 heteroatoms. The maximum absolute atomic E-state index is 12.3. The molecule has 13 nitrogen and oxygen atoms in total. The molecule has 0 aliphatic rings. The van der Waals surface area contributed by atoms with Crippen LogP contribution in [0.1, 0.15) is 19.3 Å². The summed E-state index contributed by atoms with van der Waals surface area (Å²) in [5.41, 5.74) is 0. The zero-order valence-corrected chi connectivity index (χ0v) is 15.7. The van der Waals surface area contributed by atoms with Gasteiger partial charge >= 0.3 is 23.9 Å². The number of carboxylic acids is 4. The number of nitrogens with one attached hydrogen (secondary N) is 1. The number of carbonyl (C=O) groups excluding carboxylic acids is 2. The second-order valence-electron chi connectivity index (χ2n) is 6.11. The van der Waals surface area contributed by atoms with Gasteiger partial charge in [0.25, 0.3) is 0 Å². The van der Waals surface area contributed by atoms with Gasteiger partial charge in [-0.25, -0.2) is 0 Å². The average Bonchev–Trinajstić information content (AvgIpc) is 2.57. The van der Waals surface area contributed by atoms with Crippen molar-refractivity contribution < 1.29 is 49.2 Å². The van der Waals surface area contributed by atoms with Crippen molar-refractivity contribution >= 4 is 36.1 Å². The largest absolute Gasteiger partial charge is 0.480 e. The molecule has 0 bridgehead atoms. The molecule has 1 unspecified atom stereocenters. The molecule has 1 amide bonds. The number of nitrogens with zero attached hydrogens (tertiary/aromatic N) is 2. The fourth-order valence-corrected chi connectivity index (χ4v) is 2.60. The first kappa shape index (κ1) is 25.9. The van der Waals surface area contributed by atoms with E-state index in [1.165, 1.54) is 4.90 Å². The summed E-state index contributed by atoms with van der Waals surface area (Å²) in [6.45, 7) is -2.51. The number of aliphatic carboxylic acids is 4. The summed E-state index contributed by atoms with van der Waals surface area (Å²) >= 11 is 0. The Bertz CT molecular complexity index is 594. The van der Waals surface area contributed by atoms with Crippen molar-refractivity contribution in [2.45, 2.75) is 25.3 Å². The first-order chi connectivity index (χ1) is 13.6. The summed E-state index contributed by atoms with van der Waals surface area (Å²) in [5.74, 6) is -5.73. The third kappa shape index (κ3) is 12.9. The Morgan fingerprint density at radius 2 is 1.38 bits per heavy atom. The van der Waals surface area contributed by atoms with Crippen molar-refractivity contribution in [2.24, 2.45) is 0 Å². The molecule has 164 valence electrons. The van der Waals surface area contributed by atoms with Gasteiger partial charge in [0, 0.05) is 0 Å². The zero-order valence-electron chi connectivity index (χ0n) is 15.7. The van der Waals surface area contributed by atoms with E-state index in [0.717, 1.165) is 4.90 Å². The normalized spacial score (nSPS) is 11.8. The Morgan fingerprint density at radius 1 is 0.828 bits per heavy atom. The molecule has 0 heterocycles. The number of hydrogen-bond donors (Lipinski definition) is 5. The summed E-state index contributed by atoms with van der Waals surface area (Å²) in [6.07, 6.45) is 1.05. The number of carbonyl (C=O) groups is 6. The predicted octanol–water partition coefficient (Wildman–Crippen LogP) is -2.22. The summed E-state index contributed by atoms with van der Waals surface area (Å²) in [5, 5.41) is 37.4. The van der Waals surface area contributed by atoms with Crippen LogP contribution in [-0.2, 0) is 28.8 Å². The van der Waals surface area contributed by atoms with Crippen molar-refractivity contribution in [3.8, 4) is 0 Å². The van der Waals surface area contributed by atoms with E-state index in [9.17, 15) is 28.8 Å². The molecule has 0 radical (unpaired) electrons. The van der Waals surface area contributed by atoms with Gasteiger partial charge in [-0.05, 0) is 19.4 Å². The molecule has 0 aliphatic heterocycles. The standard InChI is InChI=1S/C16H25N3O10/c20-6-5-19(10-15(27)28)11(16(29)17-7-12(21)22)3-1-2-4-18(8-13(23)24)9-14(25)26/h6,11H,1-5,7-10H2,(H,17,29)(H,21,22)(H,23,24)(H,25,26)(H,27,28). The molecule has 29 heavy (non-hydrogen) atoms. The van der Waals surface area contributed by atoms with Crippen LogP contribution >= 0.6 is 0 Å². The Hall–Kier alpha value is -3.06. The van der Waals surface area contributed by atoms with E-state index < -0.39 is 62.0 Å². The van der Waals surface area contributed by atoms with Gasteiger partial charge in [-0.15, -0.1) is 0 Å². The second-order valence-corrected chi connectivity index (χ2v) is 6.11. The zero-order chi connectivity index (χ0) is 22.4. The lowest BCUT2D eigenvalue weighted by molar-refractivity contribution is -0.143. The highest BCUT2D eigenvalue weighted by Gasteiger charge is 2.27. The number of aldehydes is 1. The molecule has 0 saturated carbocycles. The maximum atomic E-state index is 12.3.